The number of hydrogen-bond donors (Lipinski definition) is 0. The van der Waals surface area contributed by atoms with Crippen LogP contribution in [0.15, 0.2) is 0 Å². The van der Waals surface area contributed by atoms with Crippen molar-refractivity contribution < 1.29 is 9.53 Å². The van der Waals surface area contributed by atoms with E-state index in [1.54, 1.807) is 0 Å². The number of esters is 1. The molecule has 2 heteroatoms. The highest BCUT2D eigenvalue weighted by atomic mass is 16.5. The van der Waals surface area contributed by atoms with E-state index in [-0.39, 0.29) is 5.97 Å². The van der Waals surface area contributed by atoms with Gasteiger partial charge in [-0.05, 0) is 19.3 Å². The van der Waals surface area contributed by atoms with Crippen LogP contribution < -0.4 is 0 Å². The van der Waals surface area contributed by atoms with Gasteiger partial charge in [-0.3, -0.25) is 0 Å². The van der Waals surface area contributed by atoms with E-state index in [9.17, 15) is 4.79 Å². The molecule has 0 atom stereocenters. The first-order valence-corrected chi connectivity index (χ1v) is 6.01. The van der Waals surface area contributed by atoms with Crippen molar-refractivity contribution in [2.24, 2.45) is 5.92 Å². The van der Waals surface area contributed by atoms with E-state index in [0.29, 0.717) is 12.5 Å². The first-order chi connectivity index (χ1) is 7.33. The molecule has 0 aliphatic heterocycles. The van der Waals surface area contributed by atoms with E-state index in [2.05, 4.69) is 18.8 Å². The van der Waals surface area contributed by atoms with Crippen LogP contribution in [-0.2, 0) is 9.53 Å². The maximum Gasteiger partial charge on any atom is 0.384 e. The van der Waals surface area contributed by atoms with Gasteiger partial charge in [-0.2, -0.15) is 0 Å². The molecular formula is C13H20O2. The molecule has 0 saturated heterocycles. The summed E-state index contributed by atoms with van der Waals surface area (Å²) in [6, 6.07) is 0. The highest BCUT2D eigenvalue weighted by molar-refractivity contribution is 5.88. The molecule has 1 rings (SSSR count). The van der Waals surface area contributed by atoms with Crippen LogP contribution in [0, 0.1) is 17.8 Å². The monoisotopic (exact) mass is 208 g/mol. The Balaban J connectivity index is 2.20. The fourth-order valence-electron chi connectivity index (χ4n) is 1.75. The molecule has 0 heterocycles. The van der Waals surface area contributed by atoms with Crippen molar-refractivity contribution in [2.45, 2.75) is 51.9 Å². The quantitative estimate of drug-likeness (QED) is 0.308. The van der Waals surface area contributed by atoms with Crippen molar-refractivity contribution in [3.63, 3.8) is 0 Å². The second-order valence-corrected chi connectivity index (χ2v) is 4.09. The Morgan fingerprint density at radius 1 is 1.33 bits per heavy atom. The Labute approximate surface area is 92.4 Å². The molecule has 0 radical (unpaired) electrons. The number of unbranched alkanes of at least 4 members (excludes halogenated alkanes) is 1. The van der Waals surface area contributed by atoms with Gasteiger partial charge in [-0.15, -0.1) is 0 Å². The van der Waals surface area contributed by atoms with Gasteiger partial charge < -0.3 is 4.74 Å². The third-order valence-corrected chi connectivity index (χ3v) is 2.71. The number of carbonyl (C=O) groups excluding carboxylic acids is 1. The van der Waals surface area contributed by atoms with Crippen LogP contribution in [-0.4, -0.2) is 12.6 Å². The fourth-order valence-corrected chi connectivity index (χ4v) is 1.75. The molecular weight excluding hydrogens is 188 g/mol. The van der Waals surface area contributed by atoms with Gasteiger partial charge in [-0.1, -0.05) is 38.5 Å². The zero-order valence-corrected chi connectivity index (χ0v) is 9.55. The van der Waals surface area contributed by atoms with Gasteiger partial charge in [0.15, 0.2) is 0 Å². The van der Waals surface area contributed by atoms with Gasteiger partial charge >= 0.3 is 5.97 Å². The first kappa shape index (κ1) is 12.1. The maximum absolute atomic E-state index is 11.2. The van der Waals surface area contributed by atoms with Crippen molar-refractivity contribution in [3.8, 4) is 11.8 Å². The van der Waals surface area contributed by atoms with Gasteiger partial charge in [0, 0.05) is 11.8 Å². The summed E-state index contributed by atoms with van der Waals surface area (Å²) in [7, 11) is 0. The molecule has 0 aromatic rings. The molecule has 0 unspecified atom stereocenters. The summed E-state index contributed by atoms with van der Waals surface area (Å²) in [6.07, 6.45) is 8.10. The summed E-state index contributed by atoms with van der Waals surface area (Å²) in [6.45, 7) is 2.58. The van der Waals surface area contributed by atoms with Crippen molar-refractivity contribution >= 4 is 5.97 Å². The van der Waals surface area contributed by atoms with Gasteiger partial charge in [-0.25, -0.2) is 4.79 Å². The smallest absolute Gasteiger partial charge is 0.384 e. The molecule has 0 bridgehead atoms. The Hall–Kier alpha value is -0.970. The highest BCUT2D eigenvalue weighted by Crippen LogP contribution is 2.22. The number of carbonyl (C=O) groups is 1. The molecule has 2 nitrogen and oxygen atoms in total. The lowest BCUT2D eigenvalue weighted by Gasteiger charge is -2.15. The lowest BCUT2D eigenvalue weighted by Crippen LogP contribution is -2.06. The molecule has 1 aliphatic rings. The van der Waals surface area contributed by atoms with E-state index < -0.39 is 0 Å². The van der Waals surface area contributed by atoms with Gasteiger partial charge in [0.1, 0.15) is 0 Å². The summed E-state index contributed by atoms with van der Waals surface area (Å²) in [5, 5.41) is 0. The molecule has 0 amide bonds. The Bertz CT molecular complexity index is 241. The standard InChI is InChI=1S/C13H20O2/c1-2-3-11-15-13(14)10-9-12-7-5-4-6-8-12/h12H,2-8,11H2,1H3. The Morgan fingerprint density at radius 2 is 2.07 bits per heavy atom. The summed E-state index contributed by atoms with van der Waals surface area (Å²) in [4.78, 5) is 11.2. The molecule has 0 aromatic carbocycles. The average molecular weight is 208 g/mol. The minimum absolute atomic E-state index is 0.353. The van der Waals surface area contributed by atoms with Gasteiger partial charge in [0.25, 0.3) is 0 Å². The Morgan fingerprint density at radius 3 is 2.73 bits per heavy atom. The molecule has 1 fully saturated rings. The first-order valence-electron chi connectivity index (χ1n) is 6.01. The van der Waals surface area contributed by atoms with E-state index in [1.807, 2.05) is 0 Å². The van der Waals surface area contributed by atoms with Crippen LogP contribution in [0.3, 0.4) is 0 Å². The fraction of sp³-hybridized carbons (Fsp3) is 0.769. The molecule has 1 saturated carbocycles. The minimum Gasteiger partial charge on any atom is -0.456 e. The summed E-state index contributed by atoms with van der Waals surface area (Å²) < 4.78 is 4.96. The van der Waals surface area contributed by atoms with Crippen LogP contribution in [0.1, 0.15) is 51.9 Å². The summed E-state index contributed by atoms with van der Waals surface area (Å²) in [5.74, 6) is 5.70. The second-order valence-electron chi connectivity index (χ2n) is 4.09. The number of ether oxygens (including phenoxy) is 1. The molecule has 0 aromatic heterocycles. The van der Waals surface area contributed by atoms with Crippen molar-refractivity contribution in [1.82, 2.24) is 0 Å². The molecule has 15 heavy (non-hydrogen) atoms. The van der Waals surface area contributed by atoms with Crippen LogP contribution in [0.2, 0.25) is 0 Å². The third-order valence-electron chi connectivity index (χ3n) is 2.71. The predicted molar refractivity (Wildman–Crippen MR) is 60.2 cm³/mol. The van der Waals surface area contributed by atoms with Crippen molar-refractivity contribution in [3.05, 3.63) is 0 Å². The van der Waals surface area contributed by atoms with E-state index in [1.165, 1.54) is 19.3 Å². The molecule has 0 N–H and O–H groups in total. The molecule has 0 spiro atoms. The van der Waals surface area contributed by atoms with Crippen molar-refractivity contribution in [2.75, 3.05) is 6.61 Å². The third kappa shape index (κ3) is 5.47. The zero-order chi connectivity index (χ0) is 10.9. The summed E-state index contributed by atoms with van der Waals surface area (Å²) in [5.41, 5.74) is 0. The maximum atomic E-state index is 11.2. The summed E-state index contributed by atoms with van der Waals surface area (Å²) >= 11 is 0. The van der Waals surface area contributed by atoms with Gasteiger partial charge in [0.05, 0.1) is 6.61 Å². The number of hydrogen-bond acceptors (Lipinski definition) is 2. The predicted octanol–water partition coefficient (Wildman–Crippen LogP) is 2.91. The largest absolute Gasteiger partial charge is 0.456 e. The normalized spacial score (nSPS) is 16.6. The average Bonchev–Trinajstić information content (AvgIpc) is 2.28. The lowest BCUT2D eigenvalue weighted by atomic mass is 9.90. The van der Waals surface area contributed by atoms with Crippen molar-refractivity contribution in [1.29, 1.82) is 0 Å². The minimum atomic E-state index is -0.353. The van der Waals surface area contributed by atoms with Crippen LogP contribution >= 0.6 is 0 Å². The van der Waals surface area contributed by atoms with E-state index in [0.717, 1.165) is 25.7 Å². The van der Waals surface area contributed by atoms with Crippen LogP contribution in [0.4, 0.5) is 0 Å². The van der Waals surface area contributed by atoms with Crippen LogP contribution in [0.5, 0.6) is 0 Å². The number of rotatable bonds is 3. The molecule has 84 valence electrons. The SMILES string of the molecule is CCCCOC(=O)C#CC1CCCCC1. The van der Waals surface area contributed by atoms with E-state index >= 15 is 0 Å². The van der Waals surface area contributed by atoms with E-state index in [4.69, 9.17) is 4.74 Å². The Kier molecular flexibility index (Phi) is 5.92. The van der Waals surface area contributed by atoms with Crippen LogP contribution in [0.25, 0.3) is 0 Å². The lowest BCUT2D eigenvalue weighted by molar-refractivity contribution is -0.136. The second kappa shape index (κ2) is 7.34. The zero-order valence-electron chi connectivity index (χ0n) is 9.55. The molecule has 1 aliphatic carbocycles. The highest BCUT2D eigenvalue weighted by Gasteiger charge is 2.10. The topological polar surface area (TPSA) is 26.3 Å². The van der Waals surface area contributed by atoms with Gasteiger partial charge in [0.2, 0.25) is 0 Å².